The lowest BCUT2D eigenvalue weighted by molar-refractivity contribution is -0.0798. The van der Waals surface area contributed by atoms with Crippen LogP contribution in [-0.4, -0.2) is 60.9 Å². The summed E-state index contributed by atoms with van der Waals surface area (Å²) in [5.74, 6) is 0.818. The molecule has 21 heavy (non-hydrogen) atoms. The van der Waals surface area contributed by atoms with Crippen LogP contribution in [0.4, 0.5) is 0 Å². The number of hydrogen-bond acceptors (Lipinski definition) is 5. The molecule has 1 fully saturated rings. The van der Waals surface area contributed by atoms with E-state index in [1.807, 2.05) is 12.1 Å². The van der Waals surface area contributed by atoms with Crippen molar-refractivity contribution in [2.45, 2.75) is 19.1 Å². The van der Waals surface area contributed by atoms with Gasteiger partial charge in [0.2, 0.25) is 0 Å². The van der Waals surface area contributed by atoms with Crippen LogP contribution in [0.2, 0.25) is 0 Å². The van der Waals surface area contributed by atoms with E-state index in [-0.39, 0.29) is 18.5 Å². The minimum Gasteiger partial charge on any atom is -0.492 e. The molecule has 2 rings (SSSR count). The van der Waals surface area contributed by atoms with Crippen molar-refractivity contribution in [1.82, 2.24) is 4.90 Å². The van der Waals surface area contributed by atoms with E-state index >= 15 is 0 Å². The molecule has 0 bridgehead atoms. The van der Waals surface area contributed by atoms with E-state index in [0.717, 1.165) is 18.8 Å². The number of rotatable bonds is 6. The van der Waals surface area contributed by atoms with E-state index in [1.165, 1.54) is 0 Å². The molecular weight excluding hydrogens is 270 g/mol. The number of ether oxygens (including phenoxy) is 2. The number of nitrogens with zero attached hydrogens (tertiary/aromatic N) is 1. The molecule has 0 aliphatic carbocycles. The summed E-state index contributed by atoms with van der Waals surface area (Å²) in [6, 6.07) is 7.51. The van der Waals surface area contributed by atoms with Crippen LogP contribution in [-0.2, 0) is 4.74 Å². The lowest BCUT2D eigenvalue weighted by Crippen LogP contribution is -2.50. The number of nitrogen functional groups attached to an aromatic ring is 1. The lowest BCUT2D eigenvalue weighted by atomic mass is 10.2. The van der Waals surface area contributed by atoms with Crippen LogP contribution in [0, 0.1) is 5.41 Å². The summed E-state index contributed by atoms with van der Waals surface area (Å²) in [7, 11) is 0. The minimum absolute atomic E-state index is 0.0522. The molecular formula is C15H23N3O3. The molecule has 6 nitrogen and oxygen atoms in total. The number of aliphatic hydroxyl groups excluding tert-OH is 1. The number of amidine groups is 1. The summed E-state index contributed by atoms with van der Waals surface area (Å²) in [6.07, 6.45) is -0.101. The molecule has 0 aromatic heterocycles. The first kappa shape index (κ1) is 15.8. The highest BCUT2D eigenvalue weighted by Crippen LogP contribution is 2.14. The molecule has 1 aromatic carbocycles. The van der Waals surface area contributed by atoms with Crippen LogP contribution in [0.3, 0.4) is 0 Å². The molecule has 0 spiro atoms. The second kappa shape index (κ2) is 7.40. The molecule has 1 aliphatic heterocycles. The molecule has 0 saturated carbocycles. The Hall–Kier alpha value is -1.63. The number of benzene rings is 1. The van der Waals surface area contributed by atoms with Gasteiger partial charge in [-0.3, -0.25) is 10.3 Å². The SMILES string of the molecule is CC1COC(CO)CN1CCOc1ccc(C(=N)N)cc1. The monoisotopic (exact) mass is 293 g/mol. The minimum atomic E-state index is -0.101. The molecule has 1 aliphatic rings. The van der Waals surface area contributed by atoms with Crippen molar-refractivity contribution in [3.8, 4) is 5.75 Å². The Morgan fingerprint density at radius 2 is 2.19 bits per heavy atom. The Morgan fingerprint density at radius 3 is 2.81 bits per heavy atom. The highest BCUT2D eigenvalue weighted by atomic mass is 16.5. The van der Waals surface area contributed by atoms with Gasteiger partial charge in [-0.15, -0.1) is 0 Å². The van der Waals surface area contributed by atoms with Gasteiger partial charge in [-0.05, 0) is 31.2 Å². The molecule has 1 saturated heterocycles. The quantitative estimate of drug-likeness (QED) is 0.522. The van der Waals surface area contributed by atoms with Gasteiger partial charge in [0.1, 0.15) is 18.2 Å². The molecule has 2 atom stereocenters. The van der Waals surface area contributed by atoms with Crippen molar-refractivity contribution in [2.24, 2.45) is 5.73 Å². The van der Waals surface area contributed by atoms with Crippen LogP contribution in [0.1, 0.15) is 12.5 Å². The molecule has 116 valence electrons. The van der Waals surface area contributed by atoms with Crippen molar-refractivity contribution < 1.29 is 14.6 Å². The maximum Gasteiger partial charge on any atom is 0.122 e. The summed E-state index contributed by atoms with van der Waals surface area (Å²) in [5, 5.41) is 16.5. The van der Waals surface area contributed by atoms with Crippen molar-refractivity contribution in [1.29, 1.82) is 5.41 Å². The zero-order valence-electron chi connectivity index (χ0n) is 12.3. The Balaban J connectivity index is 1.79. The Labute approximate surface area is 125 Å². The summed E-state index contributed by atoms with van der Waals surface area (Å²) < 4.78 is 11.2. The van der Waals surface area contributed by atoms with Gasteiger partial charge in [-0.2, -0.15) is 0 Å². The zero-order valence-corrected chi connectivity index (χ0v) is 12.3. The highest BCUT2D eigenvalue weighted by molar-refractivity contribution is 5.94. The summed E-state index contributed by atoms with van der Waals surface area (Å²) in [5.41, 5.74) is 6.10. The standard InChI is InChI=1S/C15H23N3O3/c1-11-10-21-14(9-19)8-18(11)6-7-20-13-4-2-12(3-5-13)15(16)17/h2-5,11,14,19H,6-10H2,1H3,(H3,16,17). The van der Waals surface area contributed by atoms with Crippen molar-refractivity contribution in [3.63, 3.8) is 0 Å². The number of aliphatic hydroxyl groups is 1. The van der Waals surface area contributed by atoms with Gasteiger partial charge in [0.05, 0.1) is 19.3 Å². The van der Waals surface area contributed by atoms with Gasteiger partial charge in [0.15, 0.2) is 0 Å². The first-order valence-electron chi connectivity index (χ1n) is 7.14. The van der Waals surface area contributed by atoms with Gasteiger partial charge in [-0.1, -0.05) is 0 Å². The second-order valence-electron chi connectivity index (χ2n) is 5.27. The smallest absolute Gasteiger partial charge is 0.122 e. The molecule has 1 aromatic rings. The molecule has 6 heteroatoms. The third-order valence-electron chi connectivity index (χ3n) is 3.65. The number of morpholine rings is 1. The van der Waals surface area contributed by atoms with Crippen LogP contribution < -0.4 is 10.5 Å². The predicted octanol–water partition coefficient (Wildman–Crippen LogP) is 0.431. The Bertz CT molecular complexity index is 464. The maximum absolute atomic E-state index is 9.16. The lowest BCUT2D eigenvalue weighted by Gasteiger charge is -2.37. The van der Waals surface area contributed by atoms with Crippen LogP contribution in [0.5, 0.6) is 5.75 Å². The van der Waals surface area contributed by atoms with E-state index < -0.39 is 0 Å². The Kier molecular flexibility index (Phi) is 5.55. The van der Waals surface area contributed by atoms with Gasteiger partial charge in [-0.25, -0.2) is 0 Å². The topological polar surface area (TPSA) is 91.8 Å². The molecule has 0 radical (unpaired) electrons. The fourth-order valence-electron chi connectivity index (χ4n) is 2.31. The third kappa shape index (κ3) is 4.42. The van der Waals surface area contributed by atoms with E-state index in [2.05, 4.69) is 11.8 Å². The van der Waals surface area contributed by atoms with Crippen molar-refractivity contribution in [3.05, 3.63) is 29.8 Å². The van der Waals surface area contributed by atoms with Gasteiger partial charge in [0, 0.05) is 24.7 Å². The first-order chi connectivity index (χ1) is 10.1. The van der Waals surface area contributed by atoms with E-state index in [1.54, 1.807) is 12.1 Å². The average molecular weight is 293 g/mol. The zero-order chi connectivity index (χ0) is 15.2. The summed E-state index contributed by atoms with van der Waals surface area (Å²) in [4.78, 5) is 2.26. The fraction of sp³-hybridized carbons (Fsp3) is 0.533. The molecule has 2 unspecified atom stereocenters. The van der Waals surface area contributed by atoms with Gasteiger partial charge in [0.25, 0.3) is 0 Å². The number of nitrogens with two attached hydrogens (primary N) is 1. The molecule has 4 N–H and O–H groups in total. The van der Waals surface area contributed by atoms with Gasteiger partial charge < -0.3 is 20.3 Å². The first-order valence-corrected chi connectivity index (χ1v) is 7.14. The number of nitrogens with one attached hydrogen (secondary N) is 1. The average Bonchev–Trinajstić information content (AvgIpc) is 2.49. The van der Waals surface area contributed by atoms with Crippen molar-refractivity contribution >= 4 is 5.84 Å². The van der Waals surface area contributed by atoms with Crippen LogP contribution in [0.25, 0.3) is 0 Å². The summed E-state index contributed by atoms with van der Waals surface area (Å²) in [6.45, 7) is 4.88. The van der Waals surface area contributed by atoms with Crippen LogP contribution >= 0.6 is 0 Å². The second-order valence-corrected chi connectivity index (χ2v) is 5.27. The molecule has 1 heterocycles. The molecule has 0 amide bonds. The largest absolute Gasteiger partial charge is 0.492 e. The van der Waals surface area contributed by atoms with Crippen molar-refractivity contribution in [2.75, 3.05) is 32.9 Å². The third-order valence-corrected chi connectivity index (χ3v) is 3.65. The highest BCUT2D eigenvalue weighted by Gasteiger charge is 2.25. The maximum atomic E-state index is 9.16. The van der Waals surface area contributed by atoms with Crippen LogP contribution in [0.15, 0.2) is 24.3 Å². The van der Waals surface area contributed by atoms with E-state index in [4.69, 9.17) is 25.7 Å². The van der Waals surface area contributed by atoms with Gasteiger partial charge >= 0.3 is 0 Å². The fourth-order valence-corrected chi connectivity index (χ4v) is 2.31. The normalized spacial score (nSPS) is 23.0. The Morgan fingerprint density at radius 1 is 1.48 bits per heavy atom. The number of hydrogen-bond donors (Lipinski definition) is 3. The summed E-state index contributed by atoms with van der Waals surface area (Å²) >= 11 is 0. The van der Waals surface area contributed by atoms with E-state index in [9.17, 15) is 0 Å². The van der Waals surface area contributed by atoms with E-state index in [0.29, 0.717) is 24.8 Å². The predicted molar refractivity (Wildman–Crippen MR) is 80.8 cm³/mol.